The number of thioether (sulfide) groups is 1. The first-order valence-corrected chi connectivity index (χ1v) is 6.98. The van der Waals surface area contributed by atoms with E-state index in [9.17, 15) is 14.9 Å². The first kappa shape index (κ1) is 15.0. The highest BCUT2D eigenvalue weighted by atomic mass is 32.2. The second-order valence-electron chi connectivity index (χ2n) is 4.13. The minimum atomic E-state index is -0.470. The lowest BCUT2D eigenvalue weighted by atomic mass is 10.3. The van der Waals surface area contributed by atoms with Crippen molar-refractivity contribution < 1.29 is 19.0 Å². The van der Waals surface area contributed by atoms with Crippen LogP contribution in [0.4, 0.5) is 5.69 Å². The Bertz CT molecular complexity index is 638. The summed E-state index contributed by atoms with van der Waals surface area (Å²) in [5.74, 6) is 0.384. The predicted molar refractivity (Wildman–Crippen MR) is 74.9 cm³/mol. The van der Waals surface area contributed by atoms with Gasteiger partial charge in [-0.2, -0.15) is 0 Å². The average Bonchev–Trinajstić information content (AvgIpc) is 2.89. The topological polar surface area (TPSA) is 95.5 Å². The average molecular weight is 308 g/mol. The number of esters is 1. The van der Waals surface area contributed by atoms with Crippen LogP contribution in [0.15, 0.2) is 39.8 Å². The van der Waals surface area contributed by atoms with Crippen LogP contribution in [0.25, 0.3) is 0 Å². The molecule has 0 atom stereocenters. The molecule has 0 aliphatic carbocycles. The maximum absolute atomic E-state index is 11.6. The molecule has 0 spiro atoms. The second-order valence-corrected chi connectivity index (χ2v) is 5.18. The smallest absolute Gasteiger partial charge is 0.316 e. The Morgan fingerprint density at radius 3 is 2.71 bits per heavy atom. The molecule has 0 radical (unpaired) electrons. The van der Waals surface area contributed by atoms with Gasteiger partial charge in [0.15, 0.2) is 0 Å². The van der Waals surface area contributed by atoms with Gasteiger partial charge in [0, 0.05) is 23.1 Å². The molecule has 1 heterocycles. The number of aryl methyl sites for hydroxylation is 1. The van der Waals surface area contributed by atoms with Crippen molar-refractivity contribution in [2.75, 3.05) is 5.75 Å². The van der Waals surface area contributed by atoms with E-state index in [1.54, 1.807) is 25.1 Å². The number of carbonyl (C=O) groups excluding carboxylic acids is 1. The molecular weight excluding hydrogens is 296 g/mol. The van der Waals surface area contributed by atoms with Crippen LogP contribution in [-0.2, 0) is 16.1 Å². The van der Waals surface area contributed by atoms with E-state index in [0.29, 0.717) is 11.5 Å². The Labute approximate surface area is 124 Å². The number of rotatable bonds is 6. The van der Waals surface area contributed by atoms with Crippen LogP contribution >= 0.6 is 11.8 Å². The summed E-state index contributed by atoms with van der Waals surface area (Å²) >= 11 is 1.25. The number of nitro benzene ring substituents is 1. The van der Waals surface area contributed by atoms with Gasteiger partial charge in [-0.1, -0.05) is 5.16 Å². The van der Waals surface area contributed by atoms with Gasteiger partial charge in [-0.05, 0) is 19.1 Å². The van der Waals surface area contributed by atoms with Gasteiger partial charge in [-0.15, -0.1) is 11.8 Å². The molecule has 0 bridgehead atoms. The Morgan fingerprint density at radius 2 is 2.14 bits per heavy atom. The van der Waals surface area contributed by atoms with Gasteiger partial charge in [0.1, 0.15) is 18.1 Å². The molecule has 0 amide bonds. The number of benzene rings is 1. The molecule has 2 rings (SSSR count). The van der Waals surface area contributed by atoms with E-state index in [4.69, 9.17) is 9.26 Å². The number of hydrogen-bond donors (Lipinski definition) is 0. The highest BCUT2D eigenvalue weighted by Gasteiger charge is 2.09. The van der Waals surface area contributed by atoms with E-state index in [0.717, 1.165) is 4.90 Å². The van der Waals surface area contributed by atoms with E-state index in [2.05, 4.69) is 5.16 Å². The quantitative estimate of drug-likeness (QED) is 0.350. The summed E-state index contributed by atoms with van der Waals surface area (Å²) in [6.07, 6.45) is 0. The summed E-state index contributed by atoms with van der Waals surface area (Å²) in [5, 5.41) is 14.2. The number of non-ortho nitro benzene ring substituents is 1. The monoisotopic (exact) mass is 308 g/mol. The molecule has 110 valence electrons. The lowest BCUT2D eigenvalue weighted by molar-refractivity contribution is -0.384. The van der Waals surface area contributed by atoms with Crippen molar-refractivity contribution in [2.24, 2.45) is 0 Å². The molecule has 0 unspecified atom stereocenters. The van der Waals surface area contributed by atoms with E-state index >= 15 is 0 Å². The maximum atomic E-state index is 11.6. The number of carbonyl (C=O) groups is 1. The Morgan fingerprint density at radius 1 is 1.43 bits per heavy atom. The van der Waals surface area contributed by atoms with Crippen molar-refractivity contribution in [1.29, 1.82) is 0 Å². The summed E-state index contributed by atoms with van der Waals surface area (Å²) in [4.78, 5) is 22.4. The van der Waals surface area contributed by atoms with Gasteiger partial charge < -0.3 is 9.26 Å². The van der Waals surface area contributed by atoms with Crippen LogP contribution in [0, 0.1) is 17.0 Å². The summed E-state index contributed by atoms with van der Waals surface area (Å²) in [6.45, 7) is 1.82. The summed E-state index contributed by atoms with van der Waals surface area (Å²) in [5.41, 5.74) is 0.574. The number of aromatic nitrogens is 1. The standard InChI is InChI=1S/C13H12N2O5S/c1-9-6-10(14-20-9)7-19-13(16)8-21-12-4-2-11(3-5-12)15(17)18/h2-6H,7-8H2,1H3. The third-order valence-electron chi connectivity index (χ3n) is 2.46. The summed E-state index contributed by atoms with van der Waals surface area (Å²) < 4.78 is 9.89. The Kier molecular flexibility index (Phi) is 4.94. The van der Waals surface area contributed by atoms with Gasteiger partial charge >= 0.3 is 5.97 Å². The first-order valence-electron chi connectivity index (χ1n) is 5.99. The highest BCUT2D eigenvalue weighted by molar-refractivity contribution is 8.00. The van der Waals surface area contributed by atoms with Crippen LogP contribution < -0.4 is 0 Å². The molecule has 0 fully saturated rings. The van der Waals surface area contributed by atoms with E-state index < -0.39 is 4.92 Å². The third-order valence-corrected chi connectivity index (χ3v) is 3.45. The molecule has 0 saturated heterocycles. The van der Waals surface area contributed by atoms with Crippen molar-refractivity contribution in [3.8, 4) is 0 Å². The minimum absolute atomic E-state index is 0.0170. The summed E-state index contributed by atoms with van der Waals surface area (Å²) in [6, 6.07) is 7.67. The van der Waals surface area contributed by atoms with Gasteiger partial charge in [0.05, 0.1) is 10.7 Å². The van der Waals surface area contributed by atoms with Crippen molar-refractivity contribution in [3.05, 3.63) is 51.9 Å². The number of hydrogen-bond acceptors (Lipinski definition) is 7. The molecule has 0 saturated carbocycles. The number of ether oxygens (including phenoxy) is 1. The van der Waals surface area contributed by atoms with Crippen molar-refractivity contribution in [3.63, 3.8) is 0 Å². The fourth-order valence-electron chi connectivity index (χ4n) is 1.49. The SMILES string of the molecule is Cc1cc(COC(=O)CSc2ccc([N+](=O)[O-])cc2)no1. The highest BCUT2D eigenvalue weighted by Crippen LogP contribution is 2.21. The van der Waals surface area contributed by atoms with Crippen LogP contribution in [0.5, 0.6) is 0 Å². The molecule has 0 aliphatic rings. The molecule has 2 aromatic rings. The predicted octanol–water partition coefficient (Wildman–Crippen LogP) is 2.73. The molecule has 21 heavy (non-hydrogen) atoms. The van der Waals surface area contributed by atoms with Gasteiger partial charge in [-0.3, -0.25) is 14.9 Å². The Hall–Kier alpha value is -2.35. The van der Waals surface area contributed by atoms with E-state index in [1.165, 1.54) is 23.9 Å². The van der Waals surface area contributed by atoms with Crippen LogP contribution in [0.2, 0.25) is 0 Å². The first-order chi connectivity index (χ1) is 10.0. The normalized spacial score (nSPS) is 10.3. The molecule has 1 aromatic carbocycles. The lowest BCUT2D eigenvalue weighted by Gasteiger charge is -2.02. The fraction of sp³-hybridized carbons (Fsp3) is 0.231. The molecule has 1 aromatic heterocycles. The van der Waals surface area contributed by atoms with Gasteiger partial charge in [-0.25, -0.2) is 0 Å². The largest absolute Gasteiger partial charge is 0.458 e. The third kappa shape index (κ3) is 4.60. The van der Waals surface area contributed by atoms with Gasteiger partial charge in [0.2, 0.25) is 0 Å². The zero-order valence-electron chi connectivity index (χ0n) is 11.1. The van der Waals surface area contributed by atoms with Crippen LogP contribution in [0.3, 0.4) is 0 Å². The molecule has 0 aliphatic heterocycles. The Balaban J connectivity index is 1.77. The zero-order valence-corrected chi connectivity index (χ0v) is 12.0. The van der Waals surface area contributed by atoms with E-state index in [-0.39, 0.29) is 24.0 Å². The molecule has 0 N–H and O–H groups in total. The lowest BCUT2D eigenvalue weighted by Crippen LogP contribution is -2.07. The summed E-state index contributed by atoms with van der Waals surface area (Å²) in [7, 11) is 0. The molecular formula is C13H12N2O5S. The van der Waals surface area contributed by atoms with Crippen molar-refractivity contribution in [2.45, 2.75) is 18.4 Å². The molecule has 8 heteroatoms. The van der Waals surface area contributed by atoms with Gasteiger partial charge in [0.25, 0.3) is 5.69 Å². The molecule has 7 nitrogen and oxygen atoms in total. The van der Waals surface area contributed by atoms with Crippen LogP contribution in [0.1, 0.15) is 11.5 Å². The fourth-order valence-corrected chi connectivity index (χ4v) is 2.18. The zero-order chi connectivity index (χ0) is 15.2. The maximum Gasteiger partial charge on any atom is 0.316 e. The minimum Gasteiger partial charge on any atom is -0.458 e. The number of nitro groups is 1. The number of nitrogens with zero attached hydrogens (tertiary/aromatic N) is 2. The second kappa shape index (κ2) is 6.89. The van der Waals surface area contributed by atoms with Crippen molar-refractivity contribution in [1.82, 2.24) is 5.16 Å². The van der Waals surface area contributed by atoms with Crippen LogP contribution in [-0.4, -0.2) is 21.8 Å². The van der Waals surface area contributed by atoms with E-state index in [1.807, 2.05) is 0 Å². The van der Waals surface area contributed by atoms with Crippen molar-refractivity contribution >= 4 is 23.4 Å².